The smallest absolute Gasteiger partial charge is 0.123 e. The Morgan fingerprint density at radius 3 is 2.61 bits per heavy atom. The summed E-state index contributed by atoms with van der Waals surface area (Å²) in [4.78, 5) is 2.03. The number of methoxy groups -OCH3 is 1. The van der Waals surface area contributed by atoms with Crippen LogP contribution in [0.3, 0.4) is 0 Å². The molecule has 0 saturated carbocycles. The van der Waals surface area contributed by atoms with Crippen molar-refractivity contribution in [1.29, 1.82) is 5.26 Å². The Balaban J connectivity index is 1.99. The molecule has 1 unspecified atom stereocenters. The second-order valence-electron chi connectivity index (χ2n) is 5.45. The first-order valence-electron chi connectivity index (χ1n) is 7.58. The molecule has 0 aliphatic heterocycles. The highest BCUT2D eigenvalue weighted by atomic mass is 16.5. The van der Waals surface area contributed by atoms with Gasteiger partial charge in [-0.2, -0.15) is 5.26 Å². The third-order valence-corrected chi connectivity index (χ3v) is 3.68. The average Bonchev–Trinajstić information content (AvgIpc) is 2.59. The zero-order chi connectivity index (χ0) is 16.7. The van der Waals surface area contributed by atoms with Gasteiger partial charge >= 0.3 is 0 Å². The minimum absolute atomic E-state index is 0.247. The fourth-order valence-electron chi connectivity index (χ4n) is 2.39. The summed E-state index contributed by atoms with van der Waals surface area (Å²) in [5.41, 5.74) is 1.99. The predicted octanol–water partition coefficient (Wildman–Crippen LogP) is 3.84. The van der Waals surface area contributed by atoms with Crippen LogP contribution in [0.25, 0.3) is 0 Å². The van der Waals surface area contributed by atoms with E-state index in [4.69, 9.17) is 9.47 Å². The first kappa shape index (κ1) is 16.7. The molecule has 0 radical (unpaired) electrons. The van der Waals surface area contributed by atoms with Gasteiger partial charge in [-0.3, -0.25) is 0 Å². The van der Waals surface area contributed by atoms with E-state index in [1.54, 1.807) is 7.11 Å². The van der Waals surface area contributed by atoms with E-state index >= 15 is 0 Å². The Bertz CT molecular complexity index is 677. The SMILES string of the molecule is COc1ccccc1C(C#N)CCOc1cccc(N(C)C)c1. The molecule has 120 valence electrons. The molecule has 0 bridgehead atoms. The molecule has 1 atom stereocenters. The van der Waals surface area contributed by atoms with Gasteiger partial charge in [-0.1, -0.05) is 24.3 Å². The number of nitriles is 1. The second kappa shape index (κ2) is 8.09. The summed E-state index contributed by atoms with van der Waals surface area (Å²) < 4.78 is 11.1. The summed E-state index contributed by atoms with van der Waals surface area (Å²) in [6.07, 6.45) is 0.614. The fourth-order valence-corrected chi connectivity index (χ4v) is 2.39. The van der Waals surface area contributed by atoms with E-state index < -0.39 is 0 Å². The molecule has 2 aromatic rings. The summed E-state index contributed by atoms with van der Waals surface area (Å²) in [6, 6.07) is 17.9. The fraction of sp³-hybridized carbons (Fsp3) is 0.316. The largest absolute Gasteiger partial charge is 0.496 e. The maximum atomic E-state index is 9.45. The highest BCUT2D eigenvalue weighted by Crippen LogP contribution is 2.28. The Morgan fingerprint density at radius 2 is 1.91 bits per heavy atom. The van der Waals surface area contributed by atoms with E-state index in [9.17, 15) is 5.26 Å². The Kier molecular flexibility index (Phi) is 5.87. The molecule has 0 N–H and O–H groups in total. The third kappa shape index (κ3) is 4.40. The molecule has 2 rings (SSSR count). The van der Waals surface area contributed by atoms with Gasteiger partial charge in [0.25, 0.3) is 0 Å². The van der Waals surface area contributed by atoms with E-state index in [2.05, 4.69) is 6.07 Å². The van der Waals surface area contributed by atoms with Crippen LogP contribution < -0.4 is 14.4 Å². The third-order valence-electron chi connectivity index (χ3n) is 3.68. The molecule has 4 nitrogen and oxygen atoms in total. The lowest BCUT2D eigenvalue weighted by molar-refractivity contribution is 0.304. The Morgan fingerprint density at radius 1 is 1.13 bits per heavy atom. The monoisotopic (exact) mass is 310 g/mol. The van der Waals surface area contributed by atoms with Gasteiger partial charge in [-0.15, -0.1) is 0 Å². The average molecular weight is 310 g/mol. The van der Waals surface area contributed by atoms with Gasteiger partial charge in [0.15, 0.2) is 0 Å². The van der Waals surface area contributed by atoms with Crippen molar-refractivity contribution < 1.29 is 9.47 Å². The number of anilines is 1. The zero-order valence-electron chi connectivity index (χ0n) is 13.8. The minimum Gasteiger partial charge on any atom is -0.496 e. The number of hydrogen-bond acceptors (Lipinski definition) is 4. The maximum absolute atomic E-state index is 9.45. The molecule has 0 aliphatic carbocycles. The topological polar surface area (TPSA) is 45.5 Å². The standard InChI is InChI=1S/C19H22N2O2/c1-21(2)16-7-6-8-17(13-16)23-12-11-15(14-20)18-9-4-5-10-19(18)22-3/h4-10,13,15H,11-12H2,1-3H3. The molecule has 0 saturated heterocycles. The van der Waals surface area contributed by atoms with Crippen molar-refractivity contribution in [2.75, 3.05) is 32.7 Å². The van der Waals surface area contributed by atoms with Crippen LogP contribution in [0.15, 0.2) is 48.5 Å². The van der Waals surface area contributed by atoms with Gasteiger partial charge in [-0.25, -0.2) is 0 Å². The molecule has 0 amide bonds. The lowest BCUT2D eigenvalue weighted by atomic mass is 9.97. The first-order chi connectivity index (χ1) is 11.2. The number of hydrogen-bond donors (Lipinski definition) is 0. The van der Waals surface area contributed by atoms with Crippen molar-refractivity contribution in [3.8, 4) is 17.6 Å². The van der Waals surface area contributed by atoms with Crippen molar-refractivity contribution in [2.45, 2.75) is 12.3 Å². The van der Waals surface area contributed by atoms with Gasteiger partial charge in [0.1, 0.15) is 11.5 Å². The lowest BCUT2D eigenvalue weighted by Crippen LogP contribution is -2.09. The predicted molar refractivity (Wildman–Crippen MR) is 92.2 cm³/mol. The lowest BCUT2D eigenvalue weighted by Gasteiger charge is -2.16. The molecule has 0 aromatic heterocycles. The van der Waals surface area contributed by atoms with Gasteiger partial charge < -0.3 is 14.4 Å². The second-order valence-corrected chi connectivity index (χ2v) is 5.45. The molecule has 0 spiro atoms. The molecule has 0 aliphatic rings. The van der Waals surface area contributed by atoms with Gasteiger partial charge in [0, 0.05) is 37.8 Å². The first-order valence-corrected chi connectivity index (χ1v) is 7.58. The summed E-state index contributed by atoms with van der Waals surface area (Å²) >= 11 is 0. The number of benzene rings is 2. The summed E-state index contributed by atoms with van der Waals surface area (Å²) in [5, 5.41) is 9.45. The number of rotatable bonds is 7. The highest BCUT2D eigenvalue weighted by Gasteiger charge is 2.15. The van der Waals surface area contributed by atoms with E-state index in [1.807, 2.05) is 67.5 Å². The molecular formula is C19H22N2O2. The summed E-state index contributed by atoms with van der Waals surface area (Å²) in [6.45, 7) is 0.479. The van der Waals surface area contributed by atoms with Crippen LogP contribution in [0, 0.1) is 11.3 Å². The Labute approximate surface area is 137 Å². The van der Waals surface area contributed by atoms with Crippen molar-refractivity contribution in [3.63, 3.8) is 0 Å². The van der Waals surface area contributed by atoms with Crippen LogP contribution in [0.5, 0.6) is 11.5 Å². The van der Waals surface area contributed by atoms with Crippen LogP contribution in [0.4, 0.5) is 5.69 Å². The van der Waals surface area contributed by atoms with Crippen molar-refractivity contribution in [3.05, 3.63) is 54.1 Å². The van der Waals surface area contributed by atoms with Crippen LogP contribution in [-0.4, -0.2) is 27.8 Å². The molecule has 4 heteroatoms. The number of ether oxygens (including phenoxy) is 2. The maximum Gasteiger partial charge on any atom is 0.123 e. The summed E-state index contributed by atoms with van der Waals surface area (Å²) in [5.74, 6) is 1.31. The molecule has 2 aromatic carbocycles. The van der Waals surface area contributed by atoms with Crippen molar-refractivity contribution in [1.82, 2.24) is 0 Å². The van der Waals surface area contributed by atoms with Gasteiger partial charge in [0.05, 0.1) is 25.7 Å². The number of nitrogens with zero attached hydrogens (tertiary/aromatic N) is 2. The van der Waals surface area contributed by atoms with E-state index in [1.165, 1.54) is 0 Å². The van der Waals surface area contributed by atoms with Crippen molar-refractivity contribution >= 4 is 5.69 Å². The molecule has 0 heterocycles. The molecule has 0 fully saturated rings. The highest BCUT2D eigenvalue weighted by molar-refractivity contribution is 5.49. The van der Waals surface area contributed by atoms with E-state index in [-0.39, 0.29) is 5.92 Å². The minimum atomic E-state index is -0.247. The summed E-state index contributed by atoms with van der Waals surface area (Å²) in [7, 11) is 5.61. The normalized spacial score (nSPS) is 11.4. The quantitative estimate of drug-likeness (QED) is 0.779. The zero-order valence-corrected chi connectivity index (χ0v) is 13.8. The van der Waals surface area contributed by atoms with Gasteiger partial charge in [0.2, 0.25) is 0 Å². The van der Waals surface area contributed by atoms with Gasteiger partial charge in [-0.05, 0) is 18.2 Å². The van der Waals surface area contributed by atoms with E-state index in [0.29, 0.717) is 13.0 Å². The van der Waals surface area contributed by atoms with Crippen LogP contribution >= 0.6 is 0 Å². The van der Waals surface area contributed by atoms with Crippen molar-refractivity contribution in [2.24, 2.45) is 0 Å². The Hall–Kier alpha value is -2.67. The molecular weight excluding hydrogens is 288 g/mol. The molecule has 23 heavy (non-hydrogen) atoms. The van der Waals surface area contributed by atoms with Crippen LogP contribution in [0.1, 0.15) is 17.9 Å². The van der Waals surface area contributed by atoms with E-state index in [0.717, 1.165) is 22.7 Å². The van der Waals surface area contributed by atoms with Crippen LogP contribution in [-0.2, 0) is 0 Å². The number of para-hydroxylation sites is 1. The van der Waals surface area contributed by atoms with Crippen LogP contribution in [0.2, 0.25) is 0 Å².